The van der Waals surface area contributed by atoms with Crippen molar-refractivity contribution in [2.24, 2.45) is 5.92 Å². The van der Waals surface area contributed by atoms with Gasteiger partial charge in [-0.15, -0.1) is 0 Å². The van der Waals surface area contributed by atoms with E-state index in [0.717, 1.165) is 12.8 Å². The van der Waals surface area contributed by atoms with Gasteiger partial charge in [0.15, 0.2) is 0 Å². The summed E-state index contributed by atoms with van der Waals surface area (Å²) in [5, 5.41) is 4.73. The van der Waals surface area contributed by atoms with Crippen molar-refractivity contribution in [2.45, 2.75) is 85.3 Å². The third-order valence-corrected chi connectivity index (χ3v) is 11.3. The molecule has 178 valence electrons. The molecule has 0 aliphatic heterocycles. The molecule has 1 saturated carbocycles. The molecule has 1 atom stereocenters. The van der Waals surface area contributed by atoms with Gasteiger partial charge in [-0.2, -0.15) is 0 Å². The predicted molar refractivity (Wildman–Crippen MR) is 144 cm³/mol. The Kier molecular flexibility index (Phi) is 14.1. The number of allylic oxidation sites excluding steroid dienone is 3. The minimum absolute atomic E-state index is 0. The maximum Gasteiger partial charge on any atom is -0.0149 e. The number of carbonyl (C=O) groups is 1. The molecule has 0 radical (unpaired) electrons. The van der Waals surface area contributed by atoms with Gasteiger partial charge in [-0.25, -0.2) is 0 Å². The zero-order chi connectivity index (χ0) is 22.5. The zero-order valence-corrected chi connectivity index (χ0v) is 21.4. The Labute approximate surface area is 205 Å². The predicted octanol–water partition coefficient (Wildman–Crippen LogP) is 6.86. The van der Waals surface area contributed by atoms with Crippen LogP contribution in [0.4, 0.5) is 0 Å². The first-order chi connectivity index (χ1) is 15.0. The summed E-state index contributed by atoms with van der Waals surface area (Å²) < 4.78 is 4.06. The van der Waals surface area contributed by atoms with Gasteiger partial charge in [-0.3, -0.25) is 0 Å². The van der Waals surface area contributed by atoms with Crippen LogP contribution >= 0.6 is 0 Å². The minimum atomic E-state index is -2.51. The second-order valence-corrected chi connectivity index (χ2v) is 16.3. The molecule has 1 unspecified atom stereocenters. The second kappa shape index (κ2) is 15.6. The number of rotatable bonds is 4. The molecule has 0 bridgehead atoms. The largest absolute Gasteiger partial charge is 0.0149 e. The molecule has 4 heteroatoms. The molecule has 1 N–H and O–H groups in total. The first kappa shape index (κ1) is 28.9. The molecule has 1 amide bonds. The molecular formula is C28H47NOSiTi. The Morgan fingerprint density at radius 1 is 0.906 bits per heavy atom. The van der Waals surface area contributed by atoms with E-state index in [-0.39, 0.29) is 16.9 Å². The minimum Gasteiger partial charge on any atom is -0.0149 e. The second-order valence-electron chi connectivity index (χ2n) is 9.60. The third kappa shape index (κ3) is 9.37. The van der Waals surface area contributed by atoms with Gasteiger partial charge in [0.1, 0.15) is 0 Å². The quantitative estimate of drug-likeness (QED) is 0.363. The smallest absolute Gasteiger partial charge is 0.0149 e. The van der Waals surface area contributed by atoms with Crippen molar-refractivity contribution in [2.75, 3.05) is 0 Å². The summed E-state index contributed by atoms with van der Waals surface area (Å²) in [7, 11) is 0. The van der Waals surface area contributed by atoms with E-state index in [1.54, 1.807) is 12.2 Å². The standard InChI is InChI=1S/C13H25NO.C9H7.C4H6.2CH3.H4Si.Ti/c14-13(15)12-10-8-6-4-2-1-3-5-7-9-11-12;1-2-5-9-7-3-6-8(9)4-1;1-3-4-2;;;;/h12H,1-11H2,(H2,14,15);1-7H;3-4H,1-2H2;2*1H3;1H4;/q;;;;;;+1/p-1. The number of carbonyl (C=O) groups excluding carboxylic acids is 1. The van der Waals surface area contributed by atoms with E-state index in [0.29, 0.717) is 10.1 Å². The van der Waals surface area contributed by atoms with Crippen LogP contribution in [0.5, 0.6) is 0 Å². The van der Waals surface area contributed by atoms with E-state index >= 15 is 0 Å². The average molecular weight is 490 g/mol. The van der Waals surface area contributed by atoms with Gasteiger partial charge in [0.2, 0.25) is 0 Å². The fraction of sp³-hybridized carbons (Fsp3) is 0.536. The van der Waals surface area contributed by atoms with Crippen LogP contribution in [0.1, 0.15) is 86.0 Å². The summed E-state index contributed by atoms with van der Waals surface area (Å²) in [5.41, 5.74) is 2.75. The van der Waals surface area contributed by atoms with Crippen LogP contribution in [0.25, 0.3) is 6.08 Å². The van der Waals surface area contributed by atoms with Crippen molar-refractivity contribution in [1.29, 1.82) is 0 Å². The molecular weight excluding hydrogens is 442 g/mol. The van der Waals surface area contributed by atoms with Crippen molar-refractivity contribution in [3.8, 4) is 0 Å². The maximum absolute atomic E-state index is 13.2. The monoisotopic (exact) mass is 489 g/mol. The summed E-state index contributed by atoms with van der Waals surface area (Å²) in [6.45, 7) is 6.72. The van der Waals surface area contributed by atoms with Crippen molar-refractivity contribution >= 4 is 22.9 Å². The maximum atomic E-state index is 13.2. The van der Waals surface area contributed by atoms with Crippen LogP contribution in [0, 0.1) is 5.92 Å². The average Bonchev–Trinajstić information content (AvgIpc) is 3.19. The van der Waals surface area contributed by atoms with E-state index < -0.39 is 16.8 Å². The molecule has 2 aliphatic rings. The molecule has 0 aromatic heterocycles. The number of amides is 1. The van der Waals surface area contributed by atoms with Gasteiger partial charge in [-0.05, 0) is 11.0 Å². The third-order valence-electron chi connectivity index (χ3n) is 6.66. The first-order valence-corrected chi connectivity index (χ1v) is 17.1. The Morgan fingerprint density at radius 2 is 1.41 bits per heavy atom. The molecule has 0 spiro atoms. The number of nitrogens with one attached hydrogen (secondary N) is 1. The summed E-state index contributed by atoms with van der Waals surface area (Å²) >= 11 is -2.51. The van der Waals surface area contributed by atoms with Crippen LogP contribution < -0.4 is 3.80 Å². The normalized spacial score (nSPS) is 19.6. The van der Waals surface area contributed by atoms with Crippen LogP contribution in [-0.2, 0) is 21.6 Å². The van der Waals surface area contributed by atoms with Crippen LogP contribution in [0.2, 0.25) is 10.5 Å². The molecule has 1 aromatic carbocycles. The number of hydrogen-bond donors (Lipinski definition) is 1. The number of hydrogen-bond acceptors (Lipinski definition) is 1. The fourth-order valence-electron chi connectivity index (χ4n) is 4.80. The number of fused-ring (bicyclic) bond motifs is 1. The molecule has 2 nitrogen and oxygen atoms in total. The summed E-state index contributed by atoms with van der Waals surface area (Å²) in [4.78, 5) is 13.2. The van der Waals surface area contributed by atoms with Crippen molar-refractivity contribution in [3.05, 3.63) is 66.8 Å². The van der Waals surface area contributed by atoms with Gasteiger partial charge in [-0.1, -0.05) is 25.3 Å². The van der Waals surface area contributed by atoms with E-state index in [4.69, 9.17) is 0 Å². The summed E-state index contributed by atoms with van der Waals surface area (Å²) in [5.74, 6) is 0.588. The van der Waals surface area contributed by atoms with Gasteiger partial charge in [0.25, 0.3) is 0 Å². The van der Waals surface area contributed by atoms with Gasteiger partial charge in [0, 0.05) is 0 Å². The molecule has 0 saturated heterocycles. The van der Waals surface area contributed by atoms with Crippen LogP contribution in [-0.4, -0.2) is 16.9 Å². The molecule has 3 rings (SSSR count). The van der Waals surface area contributed by atoms with Crippen LogP contribution in [0.3, 0.4) is 0 Å². The van der Waals surface area contributed by atoms with Gasteiger partial charge in [0.05, 0.1) is 0 Å². The Hall–Kier alpha value is -1.16. The Bertz CT molecular complexity index is 725. The summed E-state index contributed by atoms with van der Waals surface area (Å²) in [6.07, 6.45) is 21.9. The zero-order valence-electron chi connectivity index (χ0n) is 19.9. The van der Waals surface area contributed by atoms with Gasteiger partial charge < -0.3 is 0 Å². The van der Waals surface area contributed by atoms with Crippen molar-refractivity contribution < 1.29 is 21.6 Å². The van der Waals surface area contributed by atoms with E-state index in [2.05, 4.69) is 63.8 Å². The topological polar surface area (TPSA) is 29.1 Å². The van der Waals surface area contributed by atoms with E-state index in [1.165, 1.54) is 68.9 Å². The van der Waals surface area contributed by atoms with Crippen molar-refractivity contribution in [3.63, 3.8) is 0 Å². The van der Waals surface area contributed by atoms with Gasteiger partial charge >= 0.3 is 170 Å². The van der Waals surface area contributed by atoms with Crippen molar-refractivity contribution in [1.82, 2.24) is 3.80 Å². The fourth-order valence-corrected chi connectivity index (χ4v) is 8.88. The molecule has 2 aliphatic carbocycles. The van der Waals surface area contributed by atoms with E-state index in [9.17, 15) is 4.79 Å². The molecule has 1 aromatic rings. The first-order valence-electron chi connectivity index (χ1n) is 12.3. The van der Waals surface area contributed by atoms with E-state index in [1.807, 2.05) is 0 Å². The number of benzene rings is 1. The molecule has 1 fully saturated rings. The summed E-state index contributed by atoms with van der Waals surface area (Å²) in [6, 6.07) is 8.68. The SMILES string of the molecule is C=CC=C.[CH3][Ti]([CH3])([NH]C(=O)C1CCCCCCCCCCC1)[CH]1C=Cc2ccccc21.[SiH4]. The molecule has 32 heavy (non-hydrogen) atoms. The Balaban J connectivity index is 0.000000945. The van der Waals surface area contributed by atoms with Crippen LogP contribution in [0.15, 0.2) is 55.7 Å². The Morgan fingerprint density at radius 3 is 1.94 bits per heavy atom. The molecule has 0 heterocycles.